The molecule has 0 radical (unpaired) electrons. The fourth-order valence-electron chi connectivity index (χ4n) is 1.81. The molecule has 2 aromatic rings. The lowest BCUT2D eigenvalue weighted by molar-refractivity contribution is -0.144. The molecule has 1 heterocycles. The second-order valence-electron chi connectivity index (χ2n) is 4.80. The quantitative estimate of drug-likeness (QED) is 0.452. The average molecular weight is 379 g/mol. The summed E-state index contributed by atoms with van der Waals surface area (Å²) in [5.74, 6) is -1.34. The summed E-state index contributed by atoms with van der Waals surface area (Å²) >= 11 is 5.84. The molecule has 0 saturated carbocycles. The maximum absolute atomic E-state index is 12.1. The van der Waals surface area contributed by atoms with Gasteiger partial charge in [0.1, 0.15) is 11.5 Å². The van der Waals surface area contributed by atoms with Gasteiger partial charge in [0.2, 0.25) is 0 Å². The minimum atomic E-state index is -0.737. The summed E-state index contributed by atoms with van der Waals surface area (Å²) in [6.07, 6.45) is 3.96. The predicted molar refractivity (Wildman–Crippen MR) is 92.3 cm³/mol. The lowest BCUT2D eigenvalue weighted by atomic mass is 10.2. The summed E-state index contributed by atoms with van der Waals surface area (Å²) in [5.41, 5.74) is 4.43. The predicted octanol–water partition coefficient (Wildman–Crippen LogP) is 1.96. The number of hydrogen-bond acceptors (Lipinski definition) is 6. The van der Waals surface area contributed by atoms with Crippen molar-refractivity contribution in [3.63, 3.8) is 0 Å². The van der Waals surface area contributed by atoms with Gasteiger partial charge in [0.25, 0.3) is 11.8 Å². The highest BCUT2D eigenvalue weighted by Gasteiger charge is 2.14. The van der Waals surface area contributed by atoms with Crippen LogP contribution >= 0.6 is 11.6 Å². The van der Waals surface area contributed by atoms with Crippen molar-refractivity contribution in [3.05, 3.63) is 59.0 Å². The van der Waals surface area contributed by atoms with Crippen LogP contribution in [0.5, 0.6) is 5.75 Å². The molecule has 2 N–H and O–H groups in total. The van der Waals surface area contributed by atoms with Crippen LogP contribution < -0.4 is 15.6 Å². The van der Waals surface area contributed by atoms with Gasteiger partial charge in [-0.25, -0.2) is 4.79 Å². The number of esters is 1. The molecule has 0 spiro atoms. The third-order valence-electron chi connectivity index (χ3n) is 2.99. The maximum atomic E-state index is 12.1. The average Bonchev–Trinajstić information content (AvgIpc) is 3.16. The van der Waals surface area contributed by atoms with Gasteiger partial charge in [0.05, 0.1) is 18.9 Å². The van der Waals surface area contributed by atoms with E-state index in [0.717, 1.165) is 6.08 Å². The molecular formula is C17H15ClN2O6. The topological polar surface area (TPSA) is 107 Å². The molecule has 26 heavy (non-hydrogen) atoms. The molecule has 0 atom stereocenters. The summed E-state index contributed by atoms with van der Waals surface area (Å²) in [6.45, 7) is -0.575. The van der Waals surface area contributed by atoms with Crippen LogP contribution in [0.2, 0.25) is 5.02 Å². The monoisotopic (exact) mass is 378 g/mol. The van der Waals surface area contributed by atoms with Crippen LogP contribution in [0.3, 0.4) is 0 Å². The summed E-state index contributed by atoms with van der Waals surface area (Å²) < 4.78 is 14.8. The Morgan fingerprint density at radius 2 is 2.04 bits per heavy atom. The van der Waals surface area contributed by atoms with Crippen molar-refractivity contribution < 1.29 is 28.3 Å². The lowest BCUT2D eigenvalue weighted by Gasteiger charge is -2.10. The molecule has 9 heteroatoms. The Bertz CT molecular complexity index is 817. The third kappa shape index (κ3) is 5.67. The Hall–Kier alpha value is -3.26. The molecule has 1 aromatic carbocycles. The van der Waals surface area contributed by atoms with Crippen LogP contribution in [-0.4, -0.2) is 31.5 Å². The number of halogens is 1. The fraction of sp³-hybridized carbons (Fsp3) is 0.118. The number of nitrogens with one attached hydrogen (secondary N) is 2. The number of furan rings is 1. The van der Waals surface area contributed by atoms with E-state index in [9.17, 15) is 14.4 Å². The van der Waals surface area contributed by atoms with Crippen LogP contribution in [0.25, 0.3) is 6.08 Å². The van der Waals surface area contributed by atoms with Crippen LogP contribution in [0.1, 0.15) is 16.1 Å². The normalized spacial score (nSPS) is 10.4. The molecule has 8 nitrogen and oxygen atoms in total. The number of carbonyl (C=O) groups is 3. The highest BCUT2D eigenvalue weighted by molar-refractivity contribution is 6.31. The molecule has 1 aromatic heterocycles. The molecule has 0 aliphatic rings. The zero-order valence-electron chi connectivity index (χ0n) is 13.7. The van der Waals surface area contributed by atoms with Crippen LogP contribution in [0.15, 0.2) is 47.1 Å². The number of ether oxygens (including phenoxy) is 2. The molecule has 0 aliphatic heterocycles. The fourth-order valence-corrected chi connectivity index (χ4v) is 1.98. The molecule has 0 fully saturated rings. The summed E-state index contributed by atoms with van der Waals surface area (Å²) in [7, 11) is 1.40. The van der Waals surface area contributed by atoms with Crippen molar-refractivity contribution in [1.29, 1.82) is 0 Å². The molecule has 0 saturated heterocycles. The summed E-state index contributed by atoms with van der Waals surface area (Å²) in [4.78, 5) is 35.2. The Morgan fingerprint density at radius 1 is 1.23 bits per heavy atom. The number of hydrogen-bond donors (Lipinski definition) is 2. The molecule has 0 unspecified atom stereocenters. The number of methoxy groups -OCH3 is 1. The van der Waals surface area contributed by atoms with Crippen LogP contribution in [0.4, 0.5) is 0 Å². The third-order valence-corrected chi connectivity index (χ3v) is 3.23. The van der Waals surface area contributed by atoms with Crippen LogP contribution in [-0.2, 0) is 14.3 Å². The van der Waals surface area contributed by atoms with E-state index in [1.807, 2.05) is 0 Å². The van der Waals surface area contributed by atoms with Gasteiger partial charge in [-0.2, -0.15) is 0 Å². The smallest absolute Gasteiger partial charge is 0.331 e. The molecule has 0 bridgehead atoms. The van der Waals surface area contributed by atoms with Crippen molar-refractivity contribution in [1.82, 2.24) is 10.9 Å². The van der Waals surface area contributed by atoms with Gasteiger partial charge in [0, 0.05) is 11.1 Å². The van der Waals surface area contributed by atoms with Crippen molar-refractivity contribution in [2.24, 2.45) is 0 Å². The number of amides is 2. The number of benzene rings is 1. The Labute approximate surface area is 153 Å². The Morgan fingerprint density at radius 3 is 2.73 bits per heavy atom. The van der Waals surface area contributed by atoms with Gasteiger partial charge >= 0.3 is 5.97 Å². The van der Waals surface area contributed by atoms with E-state index in [4.69, 9.17) is 25.5 Å². The van der Waals surface area contributed by atoms with E-state index in [1.165, 1.54) is 31.6 Å². The molecule has 136 valence electrons. The lowest BCUT2D eigenvalue weighted by Crippen LogP contribution is -2.43. The Balaban J connectivity index is 1.79. The van der Waals surface area contributed by atoms with Gasteiger partial charge in [-0.15, -0.1) is 0 Å². The highest BCUT2D eigenvalue weighted by Crippen LogP contribution is 2.22. The maximum Gasteiger partial charge on any atom is 0.331 e. The molecule has 2 rings (SSSR count). The Kier molecular flexibility index (Phi) is 6.81. The standard InChI is InChI=1S/C17H15ClN2O6/c1-24-14-6-4-11(18)9-13(14)17(23)20-19-15(21)10-26-16(22)7-5-12-3-2-8-25-12/h2-9H,10H2,1H3,(H,19,21)(H,20,23). The van der Waals surface area contributed by atoms with Crippen molar-refractivity contribution in [2.75, 3.05) is 13.7 Å². The largest absolute Gasteiger partial charge is 0.496 e. The van der Waals surface area contributed by atoms with Gasteiger partial charge in [-0.3, -0.25) is 20.4 Å². The van der Waals surface area contributed by atoms with Gasteiger partial charge in [0.15, 0.2) is 6.61 Å². The molecule has 2 amide bonds. The van der Waals surface area contributed by atoms with E-state index in [2.05, 4.69) is 10.9 Å². The second-order valence-corrected chi connectivity index (χ2v) is 5.24. The first-order chi connectivity index (χ1) is 12.5. The molecule has 0 aliphatic carbocycles. The zero-order valence-corrected chi connectivity index (χ0v) is 14.4. The number of carbonyl (C=O) groups excluding carboxylic acids is 3. The summed E-state index contributed by atoms with van der Waals surface area (Å²) in [5, 5.41) is 0.333. The van der Waals surface area contributed by atoms with E-state index in [1.54, 1.807) is 18.2 Å². The van der Waals surface area contributed by atoms with Crippen LogP contribution in [0, 0.1) is 0 Å². The molecular weight excluding hydrogens is 364 g/mol. The van der Waals surface area contributed by atoms with E-state index >= 15 is 0 Å². The SMILES string of the molecule is COc1ccc(Cl)cc1C(=O)NNC(=O)COC(=O)C=Cc1ccco1. The van der Waals surface area contributed by atoms with Gasteiger partial charge < -0.3 is 13.9 Å². The zero-order chi connectivity index (χ0) is 18.9. The van der Waals surface area contributed by atoms with Gasteiger partial charge in [-0.05, 0) is 36.4 Å². The van der Waals surface area contributed by atoms with Crippen molar-refractivity contribution >= 4 is 35.5 Å². The first-order valence-corrected chi connectivity index (χ1v) is 7.68. The summed E-state index contributed by atoms with van der Waals surface area (Å²) in [6, 6.07) is 7.78. The van der Waals surface area contributed by atoms with Crippen molar-refractivity contribution in [2.45, 2.75) is 0 Å². The van der Waals surface area contributed by atoms with Crippen molar-refractivity contribution in [3.8, 4) is 5.75 Å². The highest BCUT2D eigenvalue weighted by atomic mass is 35.5. The van der Waals surface area contributed by atoms with E-state index in [-0.39, 0.29) is 11.3 Å². The van der Waals surface area contributed by atoms with E-state index < -0.39 is 24.4 Å². The van der Waals surface area contributed by atoms with Gasteiger partial charge in [-0.1, -0.05) is 11.6 Å². The number of hydrazine groups is 1. The minimum Gasteiger partial charge on any atom is -0.496 e. The first kappa shape index (κ1) is 19.1. The number of rotatable bonds is 6. The first-order valence-electron chi connectivity index (χ1n) is 7.30. The minimum absolute atomic E-state index is 0.138. The van der Waals surface area contributed by atoms with E-state index in [0.29, 0.717) is 10.8 Å². The second kappa shape index (κ2) is 9.28.